The number of carbonyl (C=O) groups excluding carboxylic acids is 6. The highest BCUT2D eigenvalue weighted by Gasteiger charge is 1.99. The minimum atomic E-state index is -0.537. The van der Waals surface area contributed by atoms with Crippen LogP contribution in [0, 0.1) is 0 Å². The van der Waals surface area contributed by atoms with Gasteiger partial charge in [0.2, 0.25) is 0 Å². The number of hydrogen-bond acceptors (Lipinski definition) is 12. The smallest absolute Gasteiger partial charge is 0.330 e. The van der Waals surface area contributed by atoms with Gasteiger partial charge in [-0.25, -0.2) is 28.8 Å². The van der Waals surface area contributed by atoms with Gasteiger partial charge in [0, 0.05) is 36.5 Å². The van der Waals surface area contributed by atoms with Crippen molar-refractivity contribution >= 4 is 35.8 Å². The Bertz CT molecular complexity index is 624. The average Bonchev–Trinajstić information content (AvgIpc) is 2.90. The molecule has 0 atom stereocenters. The van der Waals surface area contributed by atoms with E-state index < -0.39 is 35.8 Å². The van der Waals surface area contributed by atoms with Gasteiger partial charge in [-0.2, -0.15) is 0 Å². The molecule has 0 saturated heterocycles. The Balaban J connectivity index is -0.000000454. The van der Waals surface area contributed by atoms with Crippen molar-refractivity contribution in [1.29, 1.82) is 0 Å². The molecule has 12 nitrogen and oxygen atoms in total. The Kier molecular flexibility index (Phi) is 26.4. The van der Waals surface area contributed by atoms with Crippen molar-refractivity contribution in [3.8, 4) is 0 Å². The third-order valence-corrected chi connectivity index (χ3v) is 2.72. The molecule has 0 heterocycles. The molecule has 0 saturated carbocycles. The molecule has 0 aliphatic carbocycles. The molecule has 0 unspecified atom stereocenters. The summed E-state index contributed by atoms with van der Waals surface area (Å²) >= 11 is 0. The SMILES string of the molecule is C=CC(=O)OCCOC(=O)C=C.C=CC(=O)OCCOC(=O)C=C.C=CC(=O)OCCOC(=O)C=C. The quantitative estimate of drug-likeness (QED) is 0.135. The van der Waals surface area contributed by atoms with Crippen molar-refractivity contribution in [2.45, 2.75) is 0 Å². The van der Waals surface area contributed by atoms with Gasteiger partial charge in [-0.3, -0.25) is 0 Å². The van der Waals surface area contributed by atoms with Crippen LogP contribution in [-0.2, 0) is 57.2 Å². The zero-order chi connectivity index (χ0) is 28.2. The number of carbonyl (C=O) groups is 6. The molecule has 0 bridgehead atoms. The average molecular weight is 510 g/mol. The number of rotatable bonds is 15. The van der Waals surface area contributed by atoms with Crippen LogP contribution in [-0.4, -0.2) is 75.5 Å². The first-order valence-corrected chi connectivity index (χ1v) is 9.86. The van der Waals surface area contributed by atoms with Crippen molar-refractivity contribution in [2.24, 2.45) is 0 Å². The van der Waals surface area contributed by atoms with E-state index >= 15 is 0 Å². The molecule has 0 fully saturated rings. The minimum Gasteiger partial charge on any atom is -0.459 e. The maximum atomic E-state index is 10.4. The van der Waals surface area contributed by atoms with Gasteiger partial charge in [0.05, 0.1) is 0 Å². The van der Waals surface area contributed by atoms with Crippen LogP contribution in [0.1, 0.15) is 0 Å². The predicted octanol–water partition coefficient (Wildman–Crippen LogP) is 1.33. The summed E-state index contributed by atoms with van der Waals surface area (Å²) in [4.78, 5) is 62.6. The van der Waals surface area contributed by atoms with E-state index in [2.05, 4.69) is 67.9 Å². The first-order valence-electron chi connectivity index (χ1n) is 9.86. The molecule has 12 heteroatoms. The van der Waals surface area contributed by atoms with Gasteiger partial charge >= 0.3 is 35.8 Å². The van der Waals surface area contributed by atoms with Gasteiger partial charge in [0.25, 0.3) is 0 Å². The maximum absolute atomic E-state index is 10.4. The molecule has 198 valence electrons. The van der Waals surface area contributed by atoms with Crippen molar-refractivity contribution < 1.29 is 57.2 Å². The lowest BCUT2D eigenvalue weighted by Crippen LogP contribution is -2.10. The first kappa shape index (κ1) is 35.8. The Morgan fingerprint density at radius 2 is 0.444 bits per heavy atom. The molecule has 0 aromatic carbocycles. The van der Waals surface area contributed by atoms with Crippen LogP contribution in [0.15, 0.2) is 75.9 Å². The van der Waals surface area contributed by atoms with Crippen molar-refractivity contribution in [1.82, 2.24) is 0 Å². The van der Waals surface area contributed by atoms with Crippen LogP contribution in [0.3, 0.4) is 0 Å². The number of esters is 6. The third kappa shape index (κ3) is 29.3. The number of hydrogen-bond donors (Lipinski definition) is 0. The second kappa shape index (κ2) is 26.5. The fourth-order valence-electron chi connectivity index (χ4n) is 1.21. The van der Waals surface area contributed by atoms with Gasteiger partial charge in [0.15, 0.2) is 0 Å². The third-order valence-electron chi connectivity index (χ3n) is 2.72. The van der Waals surface area contributed by atoms with Crippen LogP contribution < -0.4 is 0 Å². The molecule has 0 aromatic heterocycles. The highest BCUT2D eigenvalue weighted by atomic mass is 16.6. The molecule has 0 spiro atoms. The van der Waals surface area contributed by atoms with E-state index in [1.54, 1.807) is 0 Å². The molecule has 0 aliphatic rings. The second-order valence-electron chi connectivity index (χ2n) is 5.23. The summed E-state index contributed by atoms with van der Waals surface area (Å²) in [7, 11) is 0. The summed E-state index contributed by atoms with van der Waals surface area (Å²) in [6, 6.07) is 0. The van der Waals surface area contributed by atoms with Gasteiger partial charge in [-0.15, -0.1) is 0 Å². The molecule has 0 radical (unpaired) electrons. The van der Waals surface area contributed by atoms with E-state index in [-0.39, 0.29) is 39.6 Å². The Labute approximate surface area is 209 Å². The maximum Gasteiger partial charge on any atom is 0.330 e. The van der Waals surface area contributed by atoms with Gasteiger partial charge < -0.3 is 28.4 Å². The van der Waals surface area contributed by atoms with Crippen LogP contribution in [0.4, 0.5) is 0 Å². The monoisotopic (exact) mass is 510 g/mol. The molecule has 0 N–H and O–H groups in total. The van der Waals surface area contributed by atoms with Crippen LogP contribution in [0.5, 0.6) is 0 Å². The van der Waals surface area contributed by atoms with E-state index in [9.17, 15) is 28.8 Å². The zero-order valence-corrected chi connectivity index (χ0v) is 19.8. The predicted molar refractivity (Wildman–Crippen MR) is 127 cm³/mol. The molecular formula is C24H30O12. The Morgan fingerprint density at radius 1 is 0.333 bits per heavy atom. The summed E-state index contributed by atoms with van der Waals surface area (Å²) in [5.74, 6) is -3.22. The normalized spacial score (nSPS) is 8.33. The summed E-state index contributed by atoms with van der Waals surface area (Å²) < 4.78 is 27.1. The van der Waals surface area contributed by atoms with E-state index in [0.717, 1.165) is 36.5 Å². The molecule has 0 rings (SSSR count). The van der Waals surface area contributed by atoms with Crippen molar-refractivity contribution in [3.63, 3.8) is 0 Å². The van der Waals surface area contributed by atoms with Gasteiger partial charge in [-0.1, -0.05) is 39.5 Å². The summed E-state index contributed by atoms with van der Waals surface area (Å²) in [5, 5.41) is 0. The number of ether oxygens (including phenoxy) is 6. The fourth-order valence-corrected chi connectivity index (χ4v) is 1.21. The molecule has 36 heavy (non-hydrogen) atoms. The largest absolute Gasteiger partial charge is 0.459 e. The Morgan fingerprint density at radius 3 is 0.528 bits per heavy atom. The molecule has 0 amide bonds. The lowest BCUT2D eigenvalue weighted by atomic mass is 10.6. The lowest BCUT2D eigenvalue weighted by molar-refractivity contribution is -0.146. The summed E-state index contributed by atoms with van der Waals surface area (Å²) in [6.45, 7) is 19.3. The second-order valence-corrected chi connectivity index (χ2v) is 5.23. The lowest BCUT2D eigenvalue weighted by Gasteiger charge is -2.01. The van der Waals surface area contributed by atoms with Crippen LogP contribution in [0.25, 0.3) is 0 Å². The fraction of sp³-hybridized carbons (Fsp3) is 0.250. The molecular weight excluding hydrogens is 480 g/mol. The van der Waals surface area contributed by atoms with Gasteiger partial charge in [-0.05, 0) is 0 Å². The molecule has 0 aliphatic heterocycles. The van der Waals surface area contributed by atoms with Gasteiger partial charge in [0.1, 0.15) is 39.6 Å². The van der Waals surface area contributed by atoms with E-state index in [1.165, 1.54) is 0 Å². The highest BCUT2D eigenvalue weighted by molar-refractivity contribution is 5.83. The Hall–Kier alpha value is -4.74. The summed E-state index contributed by atoms with van der Waals surface area (Å²) in [5.41, 5.74) is 0. The first-order chi connectivity index (χ1) is 17.1. The van der Waals surface area contributed by atoms with E-state index in [1.807, 2.05) is 0 Å². The topological polar surface area (TPSA) is 158 Å². The van der Waals surface area contributed by atoms with Crippen molar-refractivity contribution in [3.05, 3.63) is 75.9 Å². The van der Waals surface area contributed by atoms with Crippen molar-refractivity contribution in [2.75, 3.05) is 39.6 Å². The minimum absolute atomic E-state index is 0.0322. The molecule has 0 aromatic rings. The van der Waals surface area contributed by atoms with E-state index in [0.29, 0.717) is 0 Å². The zero-order valence-electron chi connectivity index (χ0n) is 19.8. The van der Waals surface area contributed by atoms with Crippen LogP contribution >= 0.6 is 0 Å². The van der Waals surface area contributed by atoms with Crippen LogP contribution in [0.2, 0.25) is 0 Å². The van der Waals surface area contributed by atoms with E-state index in [4.69, 9.17) is 0 Å². The highest BCUT2D eigenvalue weighted by Crippen LogP contribution is 1.84. The summed E-state index contributed by atoms with van der Waals surface area (Å²) in [6.07, 6.45) is 6.22. The standard InChI is InChI=1S/3C8H10O4/c3*1-3-7(9)11-5-6-12-8(10)4-2/h3*3-4H,1-2,5-6H2.